The Bertz CT molecular complexity index is 1270. The first-order chi connectivity index (χ1) is 15.9. The molecule has 0 aliphatic heterocycles. The van der Waals surface area contributed by atoms with Crippen LogP contribution >= 0.6 is 0 Å². The van der Waals surface area contributed by atoms with Gasteiger partial charge in [-0.1, -0.05) is 0 Å². The average molecular weight is 449 g/mol. The van der Waals surface area contributed by atoms with Crippen LogP contribution in [-0.2, 0) is 0 Å². The summed E-state index contributed by atoms with van der Waals surface area (Å²) in [5.41, 5.74) is 2.73. The van der Waals surface area contributed by atoms with Crippen LogP contribution in [-0.4, -0.2) is 40.9 Å². The van der Waals surface area contributed by atoms with E-state index < -0.39 is 0 Å². The van der Waals surface area contributed by atoms with Crippen LogP contribution in [0.5, 0.6) is 11.5 Å². The summed E-state index contributed by atoms with van der Waals surface area (Å²) in [7, 11) is 1.62. The number of nitrogens with one attached hydrogen (secondary N) is 1. The quantitative estimate of drug-likeness (QED) is 0.393. The molecule has 4 rings (SSSR count). The lowest BCUT2D eigenvalue weighted by atomic mass is 10.1. The fourth-order valence-electron chi connectivity index (χ4n) is 3.71. The van der Waals surface area contributed by atoms with E-state index in [1.54, 1.807) is 19.4 Å². The number of hydrogen-bond acceptors (Lipinski definition) is 6. The van der Waals surface area contributed by atoms with E-state index in [4.69, 9.17) is 18.9 Å². The molecule has 0 saturated carbocycles. The summed E-state index contributed by atoms with van der Waals surface area (Å²) in [6.45, 7) is 8.54. The molecular weight excluding hydrogens is 420 g/mol. The van der Waals surface area contributed by atoms with Crippen molar-refractivity contribution in [3.05, 3.63) is 59.7 Å². The van der Waals surface area contributed by atoms with Gasteiger partial charge in [-0.2, -0.15) is 5.10 Å². The molecule has 0 atom stereocenters. The minimum Gasteiger partial charge on any atom is -0.497 e. The summed E-state index contributed by atoms with van der Waals surface area (Å²) in [6.07, 6.45) is 1.70. The number of amides is 1. The van der Waals surface area contributed by atoms with Crippen LogP contribution in [0.1, 0.15) is 41.8 Å². The fraction of sp³-hybridized carbons (Fsp3) is 0.320. The molecule has 0 spiro atoms. The van der Waals surface area contributed by atoms with Crippen LogP contribution in [0.15, 0.2) is 47.0 Å². The van der Waals surface area contributed by atoms with Gasteiger partial charge in [0.2, 0.25) is 0 Å². The van der Waals surface area contributed by atoms with E-state index in [9.17, 15) is 4.79 Å². The van der Waals surface area contributed by atoms with Gasteiger partial charge in [-0.25, -0.2) is 9.67 Å². The number of rotatable bonds is 8. The minimum atomic E-state index is -0.205. The predicted molar refractivity (Wildman–Crippen MR) is 126 cm³/mol. The maximum absolute atomic E-state index is 13.1. The third kappa shape index (κ3) is 4.69. The highest BCUT2D eigenvalue weighted by molar-refractivity contribution is 6.06. The molecule has 3 heterocycles. The van der Waals surface area contributed by atoms with Crippen molar-refractivity contribution in [1.29, 1.82) is 0 Å². The molecular formula is C25H28N4O4. The number of furan rings is 1. The number of aryl methyl sites for hydroxylation is 2. The lowest BCUT2D eigenvalue weighted by Crippen LogP contribution is -2.28. The number of carbonyl (C=O) groups is 1. The third-order valence-corrected chi connectivity index (χ3v) is 5.33. The maximum Gasteiger partial charge on any atom is 0.252 e. The van der Waals surface area contributed by atoms with Crippen molar-refractivity contribution in [2.45, 2.75) is 33.7 Å². The number of aromatic nitrogens is 3. The second kappa shape index (κ2) is 9.36. The van der Waals surface area contributed by atoms with Crippen molar-refractivity contribution in [2.75, 3.05) is 20.3 Å². The van der Waals surface area contributed by atoms with E-state index in [2.05, 4.69) is 10.4 Å². The molecule has 3 aromatic heterocycles. The number of nitrogens with zero attached hydrogens (tertiary/aromatic N) is 3. The van der Waals surface area contributed by atoms with Gasteiger partial charge in [-0.3, -0.25) is 4.79 Å². The monoisotopic (exact) mass is 448 g/mol. The lowest BCUT2D eigenvalue weighted by Gasteiger charge is -2.11. The van der Waals surface area contributed by atoms with E-state index in [1.165, 1.54) is 0 Å². The molecule has 0 aliphatic rings. The van der Waals surface area contributed by atoms with Gasteiger partial charge in [0.1, 0.15) is 29.6 Å². The van der Waals surface area contributed by atoms with E-state index in [-0.39, 0.29) is 11.9 Å². The molecule has 33 heavy (non-hydrogen) atoms. The molecule has 0 aliphatic carbocycles. The second-order valence-electron chi connectivity index (χ2n) is 8.08. The number of pyridine rings is 1. The summed E-state index contributed by atoms with van der Waals surface area (Å²) in [4.78, 5) is 18.0. The molecule has 0 saturated heterocycles. The van der Waals surface area contributed by atoms with Crippen molar-refractivity contribution >= 4 is 16.9 Å². The SMILES string of the molecule is COc1ccc(OCCNC(=O)c2cc(-c3cc(C)oc3C)nc3c2cnn3C(C)C)cc1. The molecule has 8 heteroatoms. The van der Waals surface area contributed by atoms with Crippen LogP contribution < -0.4 is 14.8 Å². The molecule has 0 unspecified atom stereocenters. The summed E-state index contributed by atoms with van der Waals surface area (Å²) in [5.74, 6) is 2.82. The zero-order chi connectivity index (χ0) is 23.5. The van der Waals surface area contributed by atoms with Crippen LogP contribution in [0.4, 0.5) is 0 Å². The molecule has 0 fully saturated rings. The number of carbonyl (C=O) groups excluding carboxylic acids is 1. The lowest BCUT2D eigenvalue weighted by molar-refractivity contribution is 0.0948. The highest BCUT2D eigenvalue weighted by Crippen LogP contribution is 2.30. The Labute approximate surface area is 192 Å². The van der Waals surface area contributed by atoms with E-state index in [0.717, 1.165) is 22.8 Å². The van der Waals surface area contributed by atoms with Gasteiger partial charge in [0.05, 0.1) is 36.5 Å². The Balaban J connectivity index is 1.56. The van der Waals surface area contributed by atoms with Gasteiger partial charge in [0.15, 0.2) is 5.65 Å². The second-order valence-corrected chi connectivity index (χ2v) is 8.08. The van der Waals surface area contributed by atoms with Crippen molar-refractivity contribution in [1.82, 2.24) is 20.1 Å². The van der Waals surface area contributed by atoms with Crippen LogP contribution in [0.3, 0.4) is 0 Å². The summed E-state index contributed by atoms with van der Waals surface area (Å²) in [6, 6.07) is 11.1. The van der Waals surface area contributed by atoms with Gasteiger partial charge in [0, 0.05) is 11.6 Å². The molecule has 0 radical (unpaired) electrons. The number of fused-ring (bicyclic) bond motifs is 1. The minimum absolute atomic E-state index is 0.103. The maximum atomic E-state index is 13.1. The van der Waals surface area contributed by atoms with Crippen LogP contribution in [0.25, 0.3) is 22.3 Å². The standard InChI is InChI=1S/C25H28N4O4/c1-15(2)29-24-22(14-27-29)21(13-23(28-24)20-12-16(3)33-17(20)4)25(30)26-10-11-32-19-8-6-18(31-5)7-9-19/h6-9,12-15H,10-11H2,1-5H3,(H,26,30). The Hall–Kier alpha value is -3.81. The molecule has 4 aromatic rings. The molecule has 1 aromatic carbocycles. The number of hydrogen-bond donors (Lipinski definition) is 1. The molecule has 0 bridgehead atoms. The summed E-state index contributed by atoms with van der Waals surface area (Å²) < 4.78 is 18.4. The Morgan fingerprint density at radius 2 is 1.88 bits per heavy atom. The molecule has 172 valence electrons. The Morgan fingerprint density at radius 1 is 1.15 bits per heavy atom. The number of ether oxygens (including phenoxy) is 2. The van der Waals surface area contributed by atoms with Crippen LogP contribution in [0.2, 0.25) is 0 Å². The zero-order valence-electron chi connectivity index (χ0n) is 19.5. The van der Waals surface area contributed by atoms with E-state index in [1.807, 2.05) is 62.7 Å². The average Bonchev–Trinajstić information content (AvgIpc) is 3.38. The largest absolute Gasteiger partial charge is 0.497 e. The molecule has 1 N–H and O–H groups in total. The molecule has 1 amide bonds. The van der Waals surface area contributed by atoms with Gasteiger partial charge in [0.25, 0.3) is 5.91 Å². The first-order valence-corrected chi connectivity index (χ1v) is 10.9. The van der Waals surface area contributed by atoms with Crippen molar-refractivity contribution in [3.63, 3.8) is 0 Å². The summed E-state index contributed by atoms with van der Waals surface area (Å²) >= 11 is 0. The zero-order valence-corrected chi connectivity index (χ0v) is 19.5. The van der Waals surface area contributed by atoms with Gasteiger partial charge < -0.3 is 19.2 Å². The Kier molecular flexibility index (Phi) is 6.35. The van der Waals surface area contributed by atoms with E-state index in [0.29, 0.717) is 41.2 Å². The highest BCUT2D eigenvalue weighted by atomic mass is 16.5. The van der Waals surface area contributed by atoms with Crippen molar-refractivity contribution < 1.29 is 18.7 Å². The molecule has 8 nitrogen and oxygen atoms in total. The highest BCUT2D eigenvalue weighted by Gasteiger charge is 2.20. The normalized spacial score (nSPS) is 11.2. The van der Waals surface area contributed by atoms with Gasteiger partial charge in [-0.15, -0.1) is 0 Å². The van der Waals surface area contributed by atoms with Crippen molar-refractivity contribution in [3.8, 4) is 22.8 Å². The third-order valence-electron chi connectivity index (χ3n) is 5.33. The van der Waals surface area contributed by atoms with Crippen molar-refractivity contribution in [2.24, 2.45) is 0 Å². The predicted octanol–water partition coefficient (Wildman–Crippen LogP) is 4.71. The smallest absolute Gasteiger partial charge is 0.252 e. The fourth-order valence-corrected chi connectivity index (χ4v) is 3.71. The van der Waals surface area contributed by atoms with E-state index >= 15 is 0 Å². The number of methoxy groups -OCH3 is 1. The van der Waals surface area contributed by atoms with Gasteiger partial charge in [-0.05, 0) is 64.1 Å². The Morgan fingerprint density at radius 3 is 2.52 bits per heavy atom. The first kappa shape index (κ1) is 22.4. The summed E-state index contributed by atoms with van der Waals surface area (Å²) in [5, 5.41) is 8.12. The topological polar surface area (TPSA) is 91.4 Å². The van der Waals surface area contributed by atoms with Gasteiger partial charge >= 0.3 is 0 Å². The first-order valence-electron chi connectivity index (χ1n) is 10.9. The van der Waals surface area contributed by atoms with Crippen LogP contribution in [0, 0.1) is 13.8 Å². The number of benzene rings is 1.